The van der Waals surface area contributed by atoms with Gasteiger partial charge in [0.1, 0.15) is 11.6 Å². The standard InChI is InChI=1S/C11H15N5/c1-3-9-6-11(15-8(2)14-9)12-7-10-4-5-13-16-10/h4-6H,3,7H2,1-2H3,(H,13,16)(H,12,14,15). The lowest BCUT2D eigenvalue weighted by molar-refractivity contribution is 0.928. The van der Waals surface area contributed by atoms with E-state index in [2.05, 4.69) is 32.4 Å². The molecule has 5 heteroatoms. The van der Waals surface area contributed by atoms with Crippen molar-refractivity contribution in [2.45, 2.75) is 26.8 Å². The molecule has 84 valence electrons. The van der Waals surface area contributed by atoms with Crippen LogP contribution in [0.15, 0.2) is 18.3 Å². The van der Waals surface area contributed by atoms with Crippen LogP contribution < -0.4 is 5.32 Å². The molecule has 0 saturated heterocycles. The highest BCUT2D eigenvalue weighted by Gasteiger charge is 2.00. The molecule has 16 heavy (non-hydrogen) atoms. The van der Waals surface area contributed by atoms with Gasteiger partial charge in [-0.1, -0.05) is 6.92 Å². The highest BCUT2D eigenvalue weighted by molar-refractivity contribution is 5.36. The molecule has 0 aliphatic rings. The Kier molecular flexibility index (Phi) is 3.14. The zero-order valence-corrected chi connectivity index (χ0v) is 9.49. The molecule has 0 amide bonds. The van der Waals surface area contributed by atoms with Crippen LogP contribution in [0, 0.1) is 6.92 Å². The summed E-state index contributed by atoms with van der Waals surface area (Å²) < 4.78 is 0. The summed E-state index contributed by atoms with van der Waals surface area (Å²) >= 11 is 0. The molecule has 2 aromatic heterocycles. The van der Waals surface area contributed by atoms with Gasteiger partial charge in [0, 0.05) is 18.0 Å². The van der Waals surface area contributed by atoms with Crippen molar-refractivity contribution in [1.82, 2.24) is 20.2 Å². The lowest BCUT2D eigenvalue weighted by atomic mass is 10.3. The number of hydrogen-bond donors (Lipinski definition) is 2. The number of rotatable bonds is 4. The molecule has 0 radical (unpaired) electrons. The average Bonchev–Trinajstić information content (AvgIpc) is 2.78. The molecule has 0 bridgehead atoms. The Morgan fingerprint density at radius 3 is 2.94 bits per heavy atom. The fourth-order valence-corrected chi connectivity index (χ4v) is 1.47. The number of anilines is 1. The molecule has 0 saturated carbocycles. The van der Waals surface area contributed by atoms with Crippen molar-refractivity contribution in [2.75, 3.05) is 5.32 Å². The first-order valence-corrected chi connectivity index (χ1v) is 5.34. The lowest BCUT2D eigenvalue weighted by Gasteiger charge is -2.06. The molecule has 5 nitrogen and oxygen atoms in total. The van der Waals surface area contributed by atoms with Gasteiger partial charge in [-0.05, 0) is 19.4 Å². The fraction of sp³-hybridized carbons (Fsp3) is 0.364. The minimum atomic E-state index is 0.694. The van der Waals surface area contributed by atoms with Gasteiger partial charge in [-0.3, -0.25) is 5.10 Å². The quantitative estimate of drug-likeness (QED) is 0.817. The van der Waals surface area contributed by atoms with E-state index in [1.165, 1.54) is 0 Å². The molecule has 2 rings (SSSR count). The molecule has 0 aromatic carbocycles. The highest BCUT2D eigenvalue weighted by Crippen LogP contribution is 2.08. The van der Waals surface area contributed by atoms with E-state index in [0.717, 1.165) is 29.5 Å². The molecule has 0 aliphatic carbocycles. The van der Waals surface area contributed by atoms with Crippen LogP contribution in [-0.4, -0.2) is 20.2 Å². The van der Waals surface area contributed by atoms with Crippen LogP contribution in [0.5, 0.6) is 0 Å². The van der Waals surface area contributed by atoms with E-state index in [0.29, 0.717) is 6.54 Å². The van der Waals surface area contributed by atoms with Gasteiger partial charge >= 0.3 is 0 Å². The first-order valence-electron chi connectivity index (χ1n) is 5.34. The Hall–Kier alpha value is -1.91. The van der Waals surface area contributed by atoms with E-state index >= 15 is 0 Å². The molecule has 2 heterocycles. The predicted octanol–water partition coefficient (Wildman–Crippen LogP) is 1.68. The fourth-order valence-electron chi connectivity index (χ4n) is 1.47. The van der Waals surface area contributed by atoms with E-state index in [1.54, 1.807) is 6.20 Å². The maximum Gasteiger partial charge on any atom is 0.130 e. The van der Waals surface area contributed by atoms with E-state index < -0.39 is 0 Å². The Morgan fingerprint density at radius 1 is 1.38 bits per heavy atom. The molecule has 0 atom stereocenters. The minimum Gasteiger partial charge on any atom is -0.364 e. The van der Waals surface area contributed by atoms with Crippen molar-refractivity contribution in [1.29, 1.82) is 0 Å². The van der Waals surface area contributed by atoms with Crippen LogP contribution in [0.4, 0.5) is 5.82 Å². The number of nitrogens with one attached hydrogen (secondary N) is 2. The summed E-state index contributed by atoms with van der Waals surface area (Å²) in [4.78, 5) is 8.65. The second kappa shape index (κ2) is 4.74. The minimum absolute atomic E-state index is 0.694. The first-order chi connectivity index (χ1) is 7.78. The Morgan fingerprint density at radius 2 is 2.25 bits per heavy atom. The largest absolute Gasteiger partial charge is 0.364 e. The second-order valence-electron chi connectivity index (χ2n) is 3.58. The third-order valence-corrected chi connectivity index (χ3v) is 2.27. The monoisotopic (exact) mass is 217 g/mol. The van der Waals surface area contributed by atoms with Gasteiger partial charge < -0.3 is 5.32 Å². The van der Waals surface area contributed by atoms with Crippen molar-refractivity contribution in [3.05, 3.63) is 35.5 Å². The smallest absolute Gasteiger partial charge is 0.130 e. The topological polar surface area (TPSA) is 66.5 Å². The zero-order valence-electron chi connectivity index (χ0n) is 9.49. The number of H-pyrrole nitrogens is 1. The van der Waals surface area contributed by atoms with Crippen molar-refractivity contribution >= 4 is 5.82 Å². The SMILES string of the molecule is CCc1cc(NCc2ccn[nH]2)nc(C)n1. The third kappa shape index (κ3) is 2.56. The zero-order chi connectivity index (χ0) is 11.4. The van der Waals surface area contributed by atoms with Gasteiger partial charge in [0.05, 0.1) is 12.2 Å². The highest BCUT2D eigenvalue weighted by atomic mass is 15.1. The van der Waals surface area contributed by atoms with Gasteiger partial charge in [0.25, 0.3) is 0 Å². The Balaban J connectivity index is 2.06. The van der Waals surface area contributed by atoms with Crippen molar-refractivity contribution in [2.24, 2.45) is 0 Å². The van der Waals surface area contributed by atoms with Crippen molar-refractivity contribution in [3.8, 4) is 0 Å². The van der Waals surface area contributed by atoms with E-state index in [9.17, 15) is 0 Å². The molecule has 0 fully saturated rings. The molecule has 2 N–H and O–H groups in total. The summed E-state index contributed by atoms with van der Waals surface area (Å²) in [5.74, 6) is 1.66. The normalized spacial score (nSPS) is 10.4. The van der Waals surface area contributed by atoms with Gasteiger partial charge in [0.2, 0.25) is 0 Å². The van der Waals surface area contributed by atoms with Crippen LogP contribution >= 0.6 is 0 Å². The Bertz CT molecular complexity index is 449. The molecule has 0 unspecified atom stereocenters. The van der Waals surface area contributed by atoms with Gasteiger partial charge in [-0.2, -0.15) is 5.10 Å². The number of aromatic amines is 1. The van der Waals surface area contributed by atoms with Gasteiger partial charge in [0.15, 0.2) is 0 Å². The van der Waals surface area contributed by atoms with Crippen LogP contribution in [0.3, 0.4) is 0 Å². The molecule has 2 aromatic rings. The number of aryl methyl sites for hydroxylation is 2. The summed E-state index contributed by atoms with van der Waals surface area (Å²) in [5, 5.41) is 10.0. The summed E-state index contributed by atoms with van der Waals surface area (Å²) in [6.07, 6.45) is 2.65. The number of hydrogen-bond acceptors (Lipinski definition) is 4. The number of aromatic nitrogens is 4. The molecular weight excluding hydrogens is 202 g/mol. The summed E-state index contributed by atoms with van der Waals surface area (Å²) in [6, 6.07) is 3.91. The Labute approximate surface area is 94.3 Å². The average molecular weight is 217 g/mol. The summed E-state index contributed by atoms with van der Waals surface area (Å²) in [5.41, 5.74) is 2.09. The van der Waals surface area contributed by atoms with Crippen LogP contribution in [0.25, 0.3) is 0 Å². The molecule has 0 spiro atoms. The third-order valence-electron chi connectivity index (χ3n) is 2.27. The van der Waals surface area contributed by atoms with Crippen LogP contribution in [-0.2, 0) is 13.0 Å². The van der Waals surface area contributed by atoms with E-state index in [-0.39, 0.29) is 0 Å². The van der Waals surface area contributed by atoms with Gasteiger partial charge in [-0.15, -0.1) is 0 Å². The van der Waals surface area contributed by atoms with Gasteiger partial charge in [-0.25, -0.2) is 9.97 Å². The first kappa shape index (κ1) is 10.6. The van der Waals surface area contributed by atoms with Crippen molar-refractivity contribution < 1.29 is 0 Å². The summed E-state index contributed by atoms with van der Waals surface area (Å²) in [6.45, 7) is 4.68. The maximum atomic E-state index is 4.33. The van der Waals surface area contributed by atoms with E-state index in [4.69, 9.17) is 0 Å². The van der Waals surface area contributed by atoms with Crippen molar-refractivity contribution in [3.63, 3.8) is 0 Å². The lowest BCUT2D eigenvalue weighted by Crippen LogP contribution is -2.05. The second-order valence-corrected chi connectivity index (χ2v) is 3.58. The maximum absolute atomic E-state index is 4.33. The molecule has 0 aliphatic heterocycles. The number of nitrogens with zero attached hydrogens (tertiary/aromatic N) is 3. The van der Waals surface area contributed by atoms with E-state index in [1.807, 2.05) is 19.1 Å². The van der Waals surface area contributed by atoms with Crippen LogP contribution in [0.1, 0.15) is 24.1 Å². The summed E-state index contributed by atoms with van der Waals surface area (Å²) in [7, 11) is 0. The molecular formula is C11H15N5. The predicted molar refractivity (Wildman–Crippen MR) is 62.1 cm³/mol. The van der Waals surface area contributed by atoms with Crippen LogP contribution in [0.2, 0.25) is 0 Å².